The standard InChI is InChI=1S/C18H18O4/c1-3-21-17(19)11-16-12-7-4-5-8-13(12)18-14(20-2)9-6-10-15(18)22-16/h4-10,15H,3,11H2,1-2H3. The van der Waals surface area contributed by atoms with E-state index in [0.717, 1.165) is 21.8 Å². The Kier molecular flexibility index (Phi) is 4.00. The molecule has 0 saturated heterocycles. The van der Waals surface area contributed by atoms with Crippen LogP contribution in [0.5, 0.6) is 0 Å². The maximum absolute atomic E-state index is 11.8. The SMILES string of the molecule is CCOC(=O)CC1=c2ccccc2=C2C(OC)=CC=CC2O1. The van der Waals surface area contributed by atoms with Gasteiger partial charge in [0.1, 0.15) is 24.0 Å². The lowest BCUT2D eigenvalue weighted by Gasteiger charge is -2.27. The second kappa shape index (κ2) is 6.10. The molecule has 1 unspecified atom stereocenters. The van der Waals surface area contributed by atoms with Gasteiger partial charge in [0.2, 0.25) is 0 Å². The molecule has 1 aliphatic heterocycles. The number of carbonyl (C=O) groups excluding carboxylic acids is 1. The van der Waals surface area contributed by atoms with Crippen molar-refractivity contribution in [3.63, 3.8) is 0 Å². The van der Waals surface area contributed by atoms with Crippen LogP contribution in [0, 0.1) is 0 Å². The van der Waals surface area contributed by atoms with Crippen molar-refractivity contribution < 1.29 is 19.0 Å². The van der Waals surface area contributed by atoms with Gasteiger partial charge in [-0.2, -0.15) is 0 Å². The van der Waals surface area contributed by atoms with Crippen LogP contribution in [-0.2, 0) is 19.0 Å². The lowest BCUT2D eigenvalue weighted by Crippen LogP contribution is -2.40. The molecule has 2 aliphatic rings. The van der Waals surface area contributed by atoms with Gasteiger partial charge in [0.15, 0.2) is 0 Å². The van der Waals surface area contributed by atoms with Gasteiger partial charge >= 0.3 is 5.97 Å². The van der Waals surface area contributed by atoms with Crippen LogP contribution in [0.4, 0.5) is 0 Å². The van der Waals surface area contributed by atoms with Gasteiger partial charge in [-0.1, -0.05) is 30.3 Å². The summed E-state index contributed by atoms with van der Waals surface area (Å²) in [6, 6.07) is 7.89. The van der Waals surface area contributed by atoms with E-state index in [4.69, 9.17) is 14.2 Å². The van der Waals surface area contributed by atoms with Crippen LogP contribution in [0.25, 0.3) is 11.3 Å². The number of carbonyl (C=O) groups is 1. The molecule has 1 aliphatic carbocycles. The molecule has 4 heteroatoms. The lowest BCUT2D eigenvalue weighted by molar-refractivity contribution is -0.142. The van der Waals surface area contributed by atoms with Gasteiger partial charge in [-0.05, 0) is 24.3 Å². The summed E-state index contributed by atoms with van der Waals surface area (Å²) < 4.78 is 16.5. The van der Waals surface area contributed by atoms with E-state index in [9.17, 15) is 4.79 Å². The number of esters is 1. The largest absolute Gasteiger partial charge is 0.496 e. The van der Waals surface area contributed by atoms with Gasteiger partial charge in [0, 0.05) is 10.8 Å². The zero-order valence-electron chi connectivity index (χ0n) is 12.7. The second-order valence-corrected chi connectivity index (χ2v) is 5.02. The van der Waals surface area contributed by atoms with Crippen LogP contribution < -0.4 is 10.4 Å². The molecule has 0 aromatic heterocycles. The number of fused-ring (bicyclic) bond motifs is 2. The summed E-state index contributed by atoms with van der Waals surface area (Å²) in [5.74, 6) is 1.15. The monoisotopic (exact) mass is 298 g/mol. The highest BCUT2D eigenvalue weighted by molar-refractivity contribution is 5.80. The van der Waals surface area contributed by atoms with Crippen molar-refractivity contribution >= 4 is 17.3 Å². The average molecular weight is 298 g/mol. The molecule has 1 heterocycles. The van der Waals surface area contributed by atoms with Crippen molar-refractivity contribution in [2.24, 2.45) is 0 Å². The molecule has 22 heavy (non-hydrogen) atoms. The zero-order valence-corrected chi connectivity index (χ0v) is 12.7. The summed E-state index contributed by atoms with van der Waals surface area (Å²) in [5, 5.41) is 1.95. The fourth-order valence-electron chi connectivity index (χ4n) is 2.79. The van der Waals surface area contributed by atoms with Crippen LogP contribution in [-0.4, -0.2) is 25.8 Å². The zero-order chi connectivity index (χ0) is 15.5. The van der Waals surface area contributed by atoms with E-state index in [1.54, 1.807) is 14.0 Å². The van der Waals surface area contributed by atoms with Crippen LogP contribution >= 0.6 is 0 Å². The van der Waals surface area contributed by atoms with Gasteiger partial charge in [-0.25, -0.2) is 0 Å². The first-order valence-electron chi connectivity index (χ1n) is 7.32. The van der Waals surface area contributed by atoms with Crippen LogP contribution in [0.2, 0.25) is 0 Å². The maximum Gasteiger partial charge on any atom is 0.313 e. The molecule has 0 bridgehead atoms. The van der Waals surface area contributed by atoms with Crippen LogP contribution in [0.1, 0.15) is 13.3 Å². The minimum atomic E-state index is -0.280. The van der Waals surface area contributed by atoms with Crippen molar-refractivity contribution in [3.05, 3.63) is 58.7 Å². The van der Waals surface area contributed by atoms with E-state index in [1.807, 2.05) is 42.5 Å². The number of methoxy groups -OCH3 is 1. The van der Waals surface area contributed by atoms with E-state index in [-0.39, 0.29) is 18.5 Å². The third-order valence-electron chi connectivity index (χ3n) is 3.70. The Morgan fingerprint density at radius 2 is 2.05 bits per heavy atom. The van der Waals surface area contributed by atoms with Crippen molar-refractivity contribution in [2.75, 3.05) is 13.7 Å². The Labute approximate surface area is 129 Å². The number of ether oxygens (including phenoxy) is 3. The summed E-state index contributed by atoms with van der Waals surface area (Å²) >= 11 is 0. The Morgan fingerprint density at radius 1 is 1.27 bits per heavy atom. The number of allylic oxidation sites excluding steroid dienone is 2. The normalized spacial score (nSPS) is 18.8. The van der Waals surface area contributed by atoms with Crippen molar-refractivity contribution in [1.29, 1.82) is 0 Å². The van der Waals surface area contributed by atoms with Gasteiger partial charge < -0.3 is 14.2 Å². The van der Waals surface area contributed by atoms with E-state index in [1.165, 1.54) is 0 Å². The quantitative estimate of drug-likeness (QED) is 0.788. The number of benzene rings is 1. The molecule has 1 atom stereocenters. The molecule has 0 radical (unpaired) electrons. The van der Waals surface area contributed by atoms with Gasteiger partial charge in [0.25, 0.3) is 0 Å². The Morgan fingerprint density at radius 3 is 2.77 bits per heavy atom. The smallest absolute Gasteiger partial charge is 0.313 e. The van der Waals surface area contributed by atoms with Crippen molar-refractivity contribution in [1.82, 2.24) is 0 Å². The first-order valence-corrected chi connectivity index (χ1v) is 7.32. The fraction of sp³-hybridized carbons (Fsp3) is 0.278. The molecule has 4 nitrogen and oxygen atoms in total. The number of hydrogen-bond donors (Lipinski definition) is 0. The third kappa shape index (κ3) is 2.52. The summed E-state index contributed by atoms with van der Waals surface area (Å²) in [6.07, 6.45) is 5.68. The van der Waals surface area contributed by atoms with E-state index in [2.05, 4.69) is 0 Å². The second-order valence-electron chi connectivity index (χ2n) is 5.02. The predicted octanol–water partition coefficient (Wildman–Crippen LogP) is 1.40. The van der Waals surface area contributed by atoms with Gasteiger partial charge in [-0.15, -0.1) is 0 Å². The molecule has 114 valence electrons. The molecular formula is C18H18O4. The molecule has 0 N–H and O–H groups in total. The highest BCUT2D eigenvalue weighted by Gasteiger charge is 2.27. The molecular weight excluding hydrogens is 280 g/mol. The number of hydrogen-bond acceptors (Lipinski definition) is 4. The minimum Gasteiger partial charge on any atom is -0.496 e. The Balaban J connectivity index is 2.17. The van der Waals surface area contributed by atoms with Crippen LogP contribution in [0.15, 0.2) is 48.3 Å². The predicted molar refractivity (Wildman–Crippen MR) is 82.9 cm³/mol. The summed E-state index contributed by atoms with van der Waals surface area (Å²) in [7, 11) is 1.65. The van der Waals surface area contributed by atoms with Gasteiger partial charge in [0.05, 0.1) is 13.7 Å². The van der Waals surface area contributed by atoms with Crippen molar-refractivity contribution in [3.8, 4) is 0 Å². The van der Waals surface area contributed by atoms with E-state index in [0.29, 0.717) is 12.4 Å². The topological polar surface area (TPSA) is 44.8 Å². The van der Waals surface area contributed by atoms with Crippen molar-refractivity contribution in [2.45, 2.75) is 19.4 Å². The molecule has 3 rings (SSSR count). The molecule has 0 fully saturated rings. The molecule has 1 aromatic carbocycles. The fourth-order valence-corrected chi connectivity index (χ4v) is 2.79. The minimum absolute atomic E-state index is 0.133. The summed E-state index contributed by atoms with van der Waals surface area (Å²) in [4.78, 5) is 11.8. The number of rotatable bonds is 4. The Hall–Kier alpha value is -2.49. The van der Waals surface area contributed by atoms with Crippen LogP contribution in [0.3, 0.4) is 0 Å². The molecule has 1 aromatic rings. The molecule has 0 saturated carbocycles. The highest BCUT2D eigenvalue weighted by Crippen LogP contribution is 2.27. The highest BCUT2D eigenvalue weighted by atomic mass is 16.5. The Bertz CT molecular complexity index is 771. The van der Waals surface area contributed by atoms with E-state index < -0.39 is 0 Å². The first-order chi connectivity index (χ1) is 10.7. The third-order valence-corrected chi connectivity index (χ3v) is 3.70. The lowest BCUT2D eigenvalue weighted by atomic mass is 9.95. The van der Waals surface area contributed by atoms with Gasteiger partial charge in [-0.3, -0.25) is 4.79 Å². The maximum atomic E-state index is 11.8. The average Bonchev–Trinajstić information content (AvgIpc) is 2.54. The molecule has 0 amide bonds. The summed E-state index contributed by atoms with van der Waals surface area (Å²) in [6.45, 7) is 2.16. The summed E-state index contributed by atoms with van der Waals surface area (Å²) in [5.41, 5.74) is 0.994. The van der Waals surface area contributed by atoms with E-state index >= 15 is 0 Å². The first kappa shape index (κ1) is 14.4. The molecule has 0 spiro atoms.